The fourth-order valence-corrected chi connectivity index (χ4v) is 11.0. The summed E-state index contributed by atoms with van der Waals surface area (Å²) < 4.78 is 19.6. The van der Waals surface area contributed by atoms with Crippen molar-refractivity contribution in [3.05, 3.63) is 104 Å². The minimum atomic E-state index is -0.459. The minimum Gasteiger partial charge on any atom is -0.484 e. The molecule has 0 radical (unpaired) electrons. The maximum atomic E-state index is 13.9. The van der Waals surface area contributed by atoms with Crippen LogP contribution >= 0.6 is 23.1 Å². The van der Waals surface area contributed by atoms with Crippen molar-refractivity contribution in [2.24, 2.45) is 29.6 Å². The molecule has 4 aromatic rings. The van der Waals surface area contributed by atoms with Crippen LogP contribution in [0.5, 0.6) is 5.75 Å². The number of imide groups is 1. The van der Waals surface area contributed by atoms with E-state index in [-0.39, 0.29) is 58.1 Å². The van der Waals surface area contributed by atoms with Gasteiger partial charge in [0.25, 0.3) is 5.91 Å². The fourth-order valence-electron chi connectivity index (χ4n) is 8.10. The van der Waals surface area contributed by atoms with Crippen LogP contribution in [-0.4, -0.2) is 34.6 Å². The van der Waals surface area contributed by atoms with Crippen molar-refractivity contribution < 1.29 is 23.5 Å². The standard InChI is InChI=1S/C34H28FN3O5S2/c1-16-4-2-6-19(12-16)36-24(39)15-43-21-7-3-5-17(13-21)25-26-22-14-23(29(26)44-31-30(25)45-34(42)37-31)28-27(22)32(40)38(33(28)41)20-10-8-18(35)9-11-20/h2-13,22-23,25-29H,14-15H2,1H3,(H,36,39)(H,37,42)/t22-,23-,25-,26?,27?,28?,29?/m1/s1. The number of amides is 3. The summed E-state index contributed by atoms with van der Waals surface area (Å²) in [6, 6.07) is 20.6. The smallest absolute Gasteiger partial charge is 0.305 e. The number of hydrogen-bond acceptors (Lipinski definition) is 7. The summed E-state index contributed by atoms with van der Waals surface area (Å²) in [5, 5.41) is 3.71. The Bertz CT molecular complexity index is 1920. The number of nitrogens with one attached hydrogen (secondary N) is 2. The number of carbonyl (C=O) groups excluding carboxylic acids is 3. The second-order valence-corrected chi connectivity index (χ2v) is 14.4. The number of anilines is 2. The van der Waals surface area contributed by atoms with E-state index < -0.39 is 17.7 Å². The highest BCUT2D eigenvalue weighted by atomic mass is 32.2. The highest BCUT2D eigenvalue weighted by Gasteiger charge is 2.69. The fraction of sp³-hybridized carbons (Fsp3) is 0.294. The van der Waals surface area contributed by atoms with Crippen LogP contribution in [0.1, 0.15) is 28.3 Å². The Morgan fingerprint density at radius 2 is 1.76 bits per heavy atom. The number of ether oxygens (including phenoxy) is 1. The monoisotopic (exact) mass is 641 g/mol. The number of aromatic nitrogens is 1. The average molecular weight is 642 g/mol. The molecule has 2 aliphatic carbocycles. The lowest BCUT2D eigenvalue weighted by Gasteiger charge is -2.43. The molecule has 7 atom stereocenters. The molecule has 3 aromatic carbocycles. The van der Waals surface area contributed by atoms with Crippen LogP contribution < -0.4 is 19.8 Å². The second-order valence-electron chi connectivity index (χ2n) is 12.2. The summed E-state index contributed by atoms with van der Waals surface area (Å²) in [4.78, 5) is 57.9. The summed E-state index contributed by atoms with van der Waals surface area (Å²) in [5.41, 5.74) is 3.07. The molecule has 4 unspecified atom stereocenters. The molecule has 8 nitrogen and oxygen atoms in total. The zero-order valence-electron chi connectivity index (χ0n) is 24.1. The van der Waals surface area contributed by atoms with E-state index in [1.54, 1.807) is 17.8 Å². The molecule has 2 N–H and O–H groups in total. The van der Waals surface area contributed by atoms with E-state index in [1.807, 2.05) is 49.4 Å². The van der Waals surface area contributed by atoms with Gasteiger partial charge in [0, 0.05) is 21.7 Å². The number of fused-ring (bicyclic) bond motifs is 9. The summed E-state index contributed by atoms with van der Waals surface area (Å²) in [5.74, 6) is -1.76. The topological polar surface area (TPSA) is 109 Å². The van der Waals surface area contributed by atoms with Gasteiger partial charge in [-0.15, -0.1) is 11.8 Å². The predicted octanol–water partition coefficient (Wildman–Crippen LogP) is 5.58. The van der Waals surface area contributed by atoms with Crippen LogP contribution in [0.25, 0.3) is 0 Å². The molecule has 45 heavy (non-hydrogen) atoms. The van der Waals surface area contributed by atoms with Gasteiger partial charge < -0.3 is 15.0 Å². The van der Waals surface area contributed by atoms with E-state index >= 15 is 0 Å². The molecule has 2 saturated carbocycles. The SMILES string of the molecule is Cc1cccc(NC(=O)COc2cccc([C@H]3c4sc(=O)[nH]c4SC4C3[C@H]3C[C@@H]4C4C(=O)N(c5ccc(F)cc5)C(=O)C43)c2)c1. The van der Waals surface area contributed by atoms with Crippen LogP contribution in [-0.2, 0) is 14.4 Å². The van der Waals surface area contributed by atoms with Crippen LogP contribution in [0, 0.1) is 42.3 Å². The van der Waals surface area contributed by atoms with Gasteiger partial charge in [0.1, 0.15) is 11.6 Å². The highest BCUT2D eigenvalue weighted by Crippen LogP contribution is 2.68. The number of H-pyrrole nitrogens is 1. The molecule has 228 valence electrons. The van der Waals surface area contributed by atoms with Gasteiger partial charge in [-0.1, -0.05) is 35.6 Å². The Morgan fingerprint density at radius 3 is 2.53 bits per heavy atom. The van der Waals surface area contributed by atoms with Gasteiger partial charge in [0.05, 0.1) is 22.5 Å². The lowest BCUT2D eigenvalue weighted by atomic mass is 9.68. The Labute approximate surface area is 266 Å². The predicted molar refractivity (Wildman–Crippen MR) is 169 cm³/mol. The van der Waals surface area contributed by atoms with Crippen LogP contribution in [0.2, 0.25) is 0 Å². The molecule has 0 spiro atoms. The molecule has 1 aromatic heterocycles. The maximum Gasteiger partial charge on any atom is 0.305 e. The Kier molecular flexibility index (Phi) is 6.72. The summed E-state index contributed by atoms with van der Waals surface area (Å²) >= 11 is 2.81. The number of benzene rings is 3. The number of nitrogens with zero attached hydrogens (tertiary/aromatic N) is 1. The number of aryl methyl sites for hydroxylation is 1. The van der Waals surface area contributed by atoms with Crippen molar-refractivity contribution >= 4 is 52.2 Å². The molecular formula is C34H28FN3O5S2. The first kappa shape index (κ1) is 28.3. The summed E-state index contributed by atoms with van der Waals surface area (Å²) in [6.07, 6.45) is 0.761. The number of carbonyl (C=O) groups is 3. The lowest BCUT2D eigenvalue weighted by molar-refractivity contribution is -0.123. The molecule has 2 aliphatic heterocycles. The maximum absolute atomic E-state index is 13.9. The number of rotatable bonds is 6. The largest absolute Gasteiger partial charge is 0.484 e. The first-order valence-electron chi connectivity index (χ1n) is 14.9. The van der Waals surface area contributed by atoms with Gasteiger partial charge in [0.15, 0.2) is 6.61 Å². The third-order valence-electron chi connectivity index (χ3n) is 9.70. The Hall–Kier alpha value is -4.22. The third-order valence-corrected chi connectivity index (χ3v) is 12.3. The Morgan fingerprint density at radius 1 is 1.00 bits per heavy atom. The van der Waals surface area contributed by atoms with Crippen LogP contribution in [0.4, 0.5) is 15.8 Å². The van der Waals surface area contributed by atoms with Gasteiger partial charge in [-0.2, -0.15) is 0 Å². The third kappa shape index (κ3) is 4.63. The average Bonchev–Trinajstić information content (AvgIpc) is 3.75. The Balaban J connectivity index is 1.09. The van der Waals surface area contributed by atoms with Crippen molar-refractivity contribution in [1.82, 2.24) is 4.98 Å². The summed E-state index contributed by atoms with van der Waals surface area (Å²) in [7, 11) is 0. The van der Waals surface area contributed by atoms with E-state index in [2.05, 4.69) is 10.3 Å². The number of aromatic amines is 1. The number of hydrogen-bond donors (Lipinski definition) is 2. The summed E-state index contributed by atoms with van der Waals surface area (Å²) in [6.45, 7) is 1.79. The molecule has 8 rings (SSSR count). The molecule has 2 bridgehead atoms. The van der Waals surface area contributed by atoms with Crippen molar-refractivity contribution in [2.75, 3.05) is 16.8 Å². The second kappa shape index (κ2) is 10.7. The van der Waals surface area contributed by atoms with Crippen molar-refractivity contribution in [1.29, 1.82) is 0 Å². The molecule has 3 heterocycles. The number of thioether (sulfide) groups is 1. The quantitative estimate of drug-likeness (QED) is 0.266. The van der Waals surface area contributed by atoms with E-state index in [0.717, 1.165) is 27.5 Å². The molecular weight excluding hydrogens is 614 g/mol. The first-order valence-corrected chi connectivity index (χ1v) is 16.6. The van der Waals surface area contributed by atoms with Gasteiger partial charge in [0.2, 0.25) is 11.8 Å². The van der Waals surface area contributed by atoms with Gasteiger partial charge >= 0.3 is 4.87 Å². The number of thiazole rings is 1. The van der Waals surface area contributed by atoms with Gasteiger partial charge in [-0.05, 0) is 90.8 Å². The van der Waals surface area contributed by atoms with Crippen LogP contribution in [0.15, 0.2) is 82.6 Å². The zero-order valence-corrected chi connectivity index (χ0v) is 25.7. The van der Waals surface area contributed by atoms with Crippen LogP contribution in [0.3, 0.4) is 0 Å². The van der Waals surface area contributed by atoms with Crippen molar-refractivity contribution in [2.45, 2.75) is 29.5 Å². The van der Waals surface area contributed by atoms with Gasteiger partial charge in [-0.3, -0.25) is 24.1 Å². The van der Waals surface area contributed by atoms with Crippen molar-refractivity contribution in [3.63, 3.8) is 0 Å². The van der Waals surface area contributed by atoms with E-state index in [0.29, 0.717) is 17.1 Å². The zero-order chi connectivity index (χ0) is 31.0. The molecule has 4 aliphatic rings. The molecule has 3 amide bonds. The first-order chi connectivity index (χ1) is 21.8. The van der Waals surface area contributed by atoms with E-state index in [4.69, 9.17) is 4.74 Å². The van der Waals surface area contributed by atoms with Gasteiger partial charge in [-0.25, -0.2) is 4.39 Å². The van der Waals surface area contributed by atoms with E-state index in [9.17, 15) is 23.6 Å². The number of halogens is 1. The highest BCUT2D eigenvalue weighted by molar-refractivity contribution is 8.00. The van der Waals surface area contributed by atoms with Crippen molar-refractivity contribution in [3.8, 4) is 5.75 Å². The molecule has 1 saturated heterocycles. The lowest BCUT2D eigenvalue weighted by Crippen LogP contribution is -2.42. The van der Waals surface area contributed by atoms with E-state index in [1.165, 1.54) is 40.5 Å². The normalized spacial score (nSPS) is 27.7. The minimum absolute atomic E-state index is 0.0185. The molecule has 3 fully saturated rings. The molecule has 11 heteroatoms.